The van der Waals surface area contributed by atoms with Gasteiger partial charge < -0.3 is 4.55 Å². The van der Waals surface area contributed by atoms with Gasteiger partial charge in [-0.25, -0.2) is 0 Å². The number of rotatable bonds is 1. The van der Waals surface area contributed by atoms with Crippen LogP contribution in [-0.2, 0) is 21.9 Å². The van der Waals surface area contributed by atoms with Gasteiger partial charge in [-0.1, -0.05) is 47.6 Å². The molecule has 0 radical (unpaired) electrons. The highest BCUT2D eigenvalue weighted by Crippen LogP contribution is 2.30. The Bertz CT molecular complexity index is 404. The van der Waals surface area contributed by atoms with Gasteiger partial charge in [0.25, 0.3) is 0 Å². The Morgan fingerprint density at radius 2 is 1.24 bits per heavy atom. The van der Waals surface area contributed by atoms with Crippen LogP contribution in [0.3, 0.4) is 0 Å². The van der Waals surface area contributed by atoms with E-state index in [1.54, 1.807) is 12.1 Å². The van der Waals surface area contributed by atoms with Crippen LogP contribution < -0.4 is 0 Å². The maximum absolute atomic E-state index is 11.2. The second kappa shape index (κ2) is 4.54. The summed E-state index contributed by atoms with van der Waals surface area (Å²) in [5.41, 5.74) is 2.03. The van der Waals surface area contributed by atoms with Crippen molar-refractivity contribution in [3.8, 4) is 0 Å². The fraction of sp³-hybridized carbons (Fsp3) is 0.571. The minimum atomic E-state index is -2.17. The Balaban J connectivity index is 3.45. The molecule has 0 heterocycles. The fourth-order valence-corrected chi connectivity index (χ4v) is 2.01. The number of hydrogen-bond donors (Lipinski definition) is 0. The molecule has 0 aliphatic rings. The van der Waals surface area contributed by atoms with Crippen molar-refractivity contribution in [1.82, 2.24) is 0 Å². The maximum atomic E-state index is 11.2. The van der Waals surface area contributed by atoms with Crippen molar-refractivity contribution in [3.63, 3.8) is 0 Å². The standard InChI is InChI=1S/C14H22O2S/c1-13(2,3)10-7-11(14(4,5)6)9-12(8-10)17(15)16/h7-9H,1-6H3,(H,15,16)/p-1. The lowest BCUT2D eigenvalue weighted by Gasteiger charge is -2.26. The maximum Gasteiger partial charge on any atom is 0.0254 e. The third kappa shape index (κ3) is 3.65. The van der Waals surface area contributed by atoms with Gasteiger partial charge in [0, 0.05) is 4.90 Å². The summed E-state index contributed by atoms with van der Waals surface area (Å²) in [5.74, 6) is 0. The zero-order valence-corrected chi connectivity index (χ0v) is 12.3. The molecule has 0 aliphatic carbocycles. The summed E-state index contributed by atoms with van der Waals surface area (Å²) < 4.78 is 22.3. The van der Waals surface area contributed by atoms with Gasteiger partial charge in [-0.3, -0.25) is 4.21 Å². The van der Waals surface area contributed by atoms with E-state index in [-0.39, 0.29) is 10.8 Å². The molecule has 0 bridgehead atoms. The second-order valence-corrected chi connectivity index (χ2v) is 7.42. The molecule has 1 atom stereocenters. The molecule has 0 aliphatic heterocycles. The second-order valence-electron chi connectivity index (χ2n) is 6.48. The summed E-state index contributed by atoms with van der Waals surface area (Å²) in [4.78, 5) is 0.377. The molecule has 0 spiro atoms. The molecule has 1 rings (SSSR count). The van der Waals surface area contributed by atoms with Gasteiger partial charge in [-0.2, -0.15) is 0 Å². The van der Waals surface area contributed by atoms with Crippen LogP contribution >= 0.6 is 0 Å². The molecule has 1 aromatic carbocycles. The van der Waals surface area contributed by atoms with E-state index in [1.165, 1.54) is 0 Å². The molecule has 0 fully saturated rings. The molecule has 1 unspecified atom stereocenters. The van der Waals surface area contributed by atoms with Gasteiger partial charge in [-0.05, 0) is 45.2 Å². The van der Waals surface area contributed by atoms with Crippen LogP contribution in [0.25, 0.3) is 0 Å². The topological polar surface area (TPSA) is 40.1 Å². The molecule has 96 valence electrons. The monoisotopic (exact) mass is 253 g/mol. The van der Waals surface area contributed by atoms with Gasteiger partial charge >= 0.3 is 0 Å². The molecular weight excluding hydrogens is 232 g/mol. The highest BCUT2D eigenvalue weighted by Gasteiger charge is 2.20. The van der Waals surface area contributed by atoms with Crippen molar-refractivity contribution in [2.45, 2.75) is 57.3 Å². The average molecular weight is 253 g/mol. The Morgan fingerprint density at radius 3 is 1.47 bits per heavy atom. The molecule has 0 saturated carbocycles. The minimum absolute atomic E-state index is 0.0462. The summed E-state index contributed by atoms with van der Waals surface area (Å²) in [5, 5.41) is 0. The van der Waals surface area contributed by atoms with Gasteiger partial charge in [0.15, 0.2) is 0 Å². The molecule has 0 saturated heterocycles. The van der Waals surface area contributed by atoms with E-state index in [4.69, 9.17) is 0 Å². The van der Waals surface area contributed by atoms with Gasteiger partial charge in [0.2, 0.25) is 0 Å². The first-order chi connectivity index (χ1) is 7.51. The van der Waals surface area contributed by atoms with E-state index in [0.29, 0.717) is 4.90 Å². The van der Waals surface area contributed by atoms with E-state index in [9.17, 15) is 8.76 Å². The predicted octanol–water partition coefficient (Wildman–Crippen LogP) is 3.52. The Labute approximate surface area is 107 Å². The van der Waals surface area contributed by atoms with E-state index in [2.05, 4.69) is 47.6 Å². The van der Waals surface area contributed by atoms with Crippen LogP contribution in [0.4, 0.5) is 0 Å². The third-order valence-corrected chi connectivity index (χ3v) is 3.45. The Morgan fingerprint density at radius 1 is 0.882 bits per heavy atom. The lowest BCUT2D eigenvalue weighted by Crippen LogP contribution is -2.17. The molecule has 0 aromatic heterocycles. The smallest absolute Gasteiger partial charge is 0.0254 e. The summed E-state index contributed by atoms with van der Waals surface area (Å²) in [6.07, 6.45) is 0. The average Bonchev–Trinajstić information content (AvgIpc) is 2.14. The fourth-order valence-electron chi connectivity index (χ4n) is 1.56. The summed E-state index contributed by atoms with van der Waals surface area (Å²) in [6.45, 7) is 12.5. The minimum Gasteiger partial charge on any atom is -0.768 e. The summed E-state index contributed by atoms with van der Waals surface area (Å²) >= 11 is -2.17. The molecule has 3 heteroatoms. The molecule has 17 heavy (non-hydrogen) atoms. The van der Waals surface area contributed by atoms with Crippen LogP contribution in [0, 0.1) is 0 Å². The molecule has 1 aromatic rings. The van der Waals surface area contributed by atoms with Crippen molar-refractivity contribution < 1.29 is 8.76 Å². The van der Waals surface area contributed by atoms with E-state index in [0.717, 1.165) is 11.1 Å². The Kier molecular flexibility index (Phi) is 3.84. The lowest BCUT2D eigenvalue weighted by molar-refractivity contribution is 0.533. The quantitative estimate of drug-likeness (QED) is 0.718. The highest BCUT2D eigenvalue weighted by molar-refractivity contribution is 7.79. The Hall–Kier alpha value is -0.670. The molecular formula is C14H21O2S-. The summed E-state index contributed by atoms with van der Waals surface area (Å²) in [7, 11) is 0. The van der Waals surface area contributed by atoms with Crippen molar-refractivity contribution in [2.75, 3.05) is 0 Å². The zero-order valence-electron chi connectivity index (χ0n) is 11.5. The van der Waals surface area contributed by atoms with Gasteiger partial charge in [0.05, 0.1) is 0 Å². The number of hydrogen-bond acceptors (Lipinski definition) is 2. The molecule has 0 N–H and O–H groups in total. The van der Waals surface area contributed by atoms with E-state index in [1.807, 2.05) is 0 Å². The lowest BCUT2D eigenvalue weighted by atomic mass is 9.81. The van der Waals surface area contributed by atoms with Crippen molar-refractivity contribution >= 4 is 11.1 Å². The largest absolute Gasteiger partial charge is 0.768 e. The van der Waals surface area contributed by atoms with E-state index < -0.39 is 11.1 Å². The van der Waals surface area contributed by atoms with Gasteiger partial charge in [0.1, 0.15) is 0 Å². The van der Waals surface area contributed by atoms with Gasteiger partial charge in [-0.15, -0.1) is 0 Å². The highest BCUT2D eigenvalue weighted by atomic mass is 32.2. The van der Waals surface area contributed by atoms with Crippen molar-refractivity contribution in [1.29, 1.82) is 0 Å². The zero-order chi connectivity index (χ0) is 13.4. The van der Waals surface area contributed by atoms with Crippen LogP contribution in [0.15, 0.2) is 23.1 Å². The van der Waals surface area contributed by atoms with Crippen LogP contribution in [0.2, 0.25) is 0 Å². The predicted molar refractivity (Wildman–Crippen MR) is 71.0 cm³/mol. The first kappa shape index (κ1) is 14.4. The molecule has 2 nitrogen and oxygen atoms in total. The molecule has 0 amide bonds. The summed E-state index contributed by atoms with van der Waals surface area (Å²) in [6, 6.07) is 5.63. The SMILES string of the molecule is CC(C)(C)c1cc(S(=O)[O-])cc(C(C)(C)C)c1. The first-order valence-corrected chi connectivity index (χ1v) is 6.84. The van der Waals surface area contributed by atoms with Crippen LogP contribution in [0.1, 0.15) is 52.7 Å². The normalized spacial score (nSPS) is 14.8. The van der Waals surface area contributed by atoms with E-state index >= 15 is 0 Å². The van der Waals surface area contributed by atoms with Crippen LogP contribution in [-0.4, -0.2) is 8.76 Å². The third-order valence-electron chi connectivity index (χ3n) is 2.83. The van der Waals surface area contributed by atoms with Crippen molar-refractivity contribution in [3.05, 3.63) is 29.3 Å². The first-order valence-electron chi connectivity index (χ1n) is 5.77. The van der Waals surface area contributed by atoms with Crippen molar-refractivity contribution in [2.24, 2.45) is 0 Å². The van der Waals surface area contributed by atoms with Crippen LogP contribution in [0.5, 0.6) is 0 Å². The number of benzene rings is 1.